The highest BCUT2D eigenvalue weighted by Gasteiger charge is 2.26. The van der Waals surface area contributed by atoms with Gasteiger partial charge in [-0.2, -0.15) is 0 Å². The molecule has 0 aliphatic carbocycles. The Morgan fingerprint density at radius 2 is 1.89 bits per heavy atom. The molecule has 0 saturated heterocycles. The van der Waals surface area contributed by atoms with E-state index in [9.17, 15) is 18.0 Å². The van der Waals surface area contributed by atoms with Crippen molar-refractivity contribution in [2.45, 2.75) is 63.4 Å². The van der Waals surface area contributed by atoms with Gasteiger partial charge in [-0.15, -0.1) is 0 Å². The van der Waals surface area contributed by atoms with E-state index in [2.05, 4.69) is 4.72 Å². The minimum absolute atomic E-state index is 0.119. The molecule has 1 amide bonds. The number of benzene rings is 2. The van der Waals surface area contributed by atoms with Crippen LogP contribution in [0.1, 0.15) is 51.2 Å². The van der Waals surface area contributed by atoms with Crippen molar-refractivity contribution in [3.8, 4) is 22.6 Å². The maximum Gasteiger partial charge on any atom is 0.410 e. The first kappa shape index (κ1) is 29.4. The summed E-state index contributed by atoms with van der Waals surface area (Å²) in [7, 11) is -0.745. The maximum atomic E-state index is 12.9. The van der Waals surface area contributed by atoms with Crippen molar-refractivity contribution < 1.29 is 32.2 Å². The zero-order valence-electron chi connectivity index (χ0n) is 22.8. The van der Waals surface area contributed by atoms with Gasteiger partial charge in [0.05, 0.1) is 13.7 Å². The molecule has 0 unspecified atom stereocenters. The van der Waals surface area contributed by atoms with Crippen LogP contribution in [0.25, 0.3) is 11.1 Å². The van der Waals surface area contributed by atoms with Crippen LogP contribution in [0.4, 0.5) is 4.79 Å². The largest absolute Gasteiger partial charge is 0.496 e. The van der Waals surface area contributed by atoms with Gasteiger partial charge in [-0.05, 0) is 93.6 Å². The van der Waals surface area contributed by atoms with Crippen molar-refractivity contribution in [1.29, 1.82) is 0 Å². The molecule has 2 aromatic rings. The molecule has 0 spiro atoms. The topological polar surface area (TPSA) is 111 Å². The molecule has 1 heterocycles. The van der Waals surface area contributed by atoms with Gasteiger partial charge in [-0.25, -0.2) is 17.9 Å². The second kappa shape index (κ2) is 12.6. The number of carbonyl (C=O) groups excluding carboxylic acids is 2. The minimum Gasteiger partial charge on any atom is -0.496 e. The second-order valence-corrected chi connectivity index (χ2v) is 12.0. The lowest BCUT2D eigenvalue weighted by atomic mass is 9.98. The Kier molecular flexibility index (Phi) is 9.78. The van der Waals surface area contributed by atoms with Gasteiger partial charge >= 0.3 is 6.09 Å². The first-order valence-corrected chi connectivity index (χ1v) is 14.3. The fourth-order valence-corrected chi connectivity index (χ4v) is 5.25. The highest BCUT2D eigenvalue weighted by atomic mass is 32.2. The van der Waals surface area contributed by atoms with E-state index in [0.717, 1.165) is 28.5 Å². The van der Waals surface area contributed by atoms with Crippen LogP contribution < -0.4 is 14.2 Å². The Morgan fingerprint density at radius 3 is 2.55 bits per heavy atom. The lowest BCUT2D eigenvalue weighted by Crippen LogP contribution is -2.38. The summed E-state index contributed by atoms with van der Waals surface area (Å²) >= 11 is 0. The summed E-state index contributed by atoms with van der Waals surface area (Å²) in [6, 6.07) is 9.29. The van der Waals surface area contributed by atoms with E-state index in [1.54, 1.807) is 18.1 Å². The third kappa shape index (κ3) is 7.48. The van der Waals surface area contributed by atoms with Gasteiger partial charge in [-0.1, -0.05) is 6.07 Å². The molecular weight excluding hydrogens is 508 g/mol. The monoisotopic (exact) mass is 546 g/mol. The quantitative estimate of drug-likeness (QED) is 0.311. The number of fused-ring (bicyclic) bond motifs is 1. The van der Waals surface area contributed by atoms with E-state index in [1.165, 1.54) is 7.05 Å². The second-order valence-electron chi connectivity index (χ2n) is 10.2. The van der Waals surface area contributed by atoms with Crippen LogP contribution in [0.2, 0.25) is 0 Å². The molecule has 1 N–H and O–H groups in total. The molecule has 9 nitrogen and oxygen atoms in total. The predicted octanol–water partition coefficient (Wildman–Crippen LogP) is 4.35. The summed E-state index contributed by atoms with van der Waals surface area (Å²) < 4.78 is 44.6. The number of hydrogen-bond acceptors (Lipinski definition) is 7. The summed E-state index contributed by atoms with van der Waals surface area (Å²) in [4.78, 5) is 25.4. The molecule has 38 heavy (non-hydrogen) atoms. The number of rotatable bonds is 12. The van der Waals surface area contributed by atoms with E-state index >= 15 is 0 Å². The molecule has 2 aromatic carbocycles. The van der Waals surface area contributed by atoms with Gasteiger partial charge in [0, 0.05) is 25.9 Å². The molecule has 1 aliphatic heterocycles. The van der Waals surface area contributed by atoms with Crippen LogP contribution in [0.3, 0.4) is 0 Å². The third-order valence-corrected chi connectivity index (χ3v) is 7.64. The number of aldehydes is 1. The molecular formula is C28H38N2O7S. The molecule has 0 atom stereocenters. The number of nitrogens with zero attached hydrogens (tertiary/aromatic N) is 1. The van der Waals surface area contributed by atoms with Gasteiger partial charge in [0.25, 0.3) is 0 Å². The molecule has 1 aliphatic rings. The smallest absolute Gasteiger partial charge is 0.410 e. The number of methoxy groups -OCH3 is 1. The zero-order valence-corrected chi connectivity index (χ0v) is 23.7. The number of unbranched alkanes of at least 4 members (excludes halogenated alkanes) is 2. The predicted molar refractivity (Wildman–Crippen MR) is 145 cm³/mol. The van der Waals surface area contributed by atoms with Crippen LogP contribution in [-0.2, 0) is 32.4 Å². The van der Waals surface area contributed by atoms with Gasteiger partial charge in [0.2, 0.25) is 10.0 Å². The summed E-state index contributed by atoms with van der Waals surface area (Å²) in [5.41, 5.74) is 2.68. The Hall–Kier alpha value is -3.11. The first-order chi connectivity index (χ1) is 18.0. The van der Waals surface area contributed by atoms with Crippen LogP contribution in [0.15, 0.2) is 35.2 Å². The van der Waals surface area contributed by atoms with E-state index < -0.39 is 21.7 Å². The van der Waals surface area contributed by atoms with Crippen LogP contribution >= 0.6 is 0 Å². The van der Waals surface area contributed by atoms with Crippen molar-refractivity contribution in [3.05, 3.63) is 41.5 Å². The Labute approximate surface area is 225 Å². The molecule has 3 rings (SSSR count). The van der Waals surface area contributed by atoms with Crippen molar-refractivity contribution in [2.75, 3.05) is 33.9 Å². The minimum atomic E-state index is -3.72. The average Bonchev–Trinajstić information content (AvgIpc) is 3.35. The Balaban J connectivity index is 1.90. The molecule has 10 heteroatoms. The van der Waals surface area contributed by atoms with Crippen molar-refractivity contribution in [3.63, 3.8) is 0 Å². The van der Waals surface area contributed by atoms with Gasteiger partial charge in [-0.3, -0.25) is 0 Å². The summed E-state index contributed by atoms with van der Waals surface area (Å²) in [6.45, 7) is 6.78. The molecule has 0 fully saturated rings. The number of hydrogen-bond donors (Lipinski definition) is 1. The van der Waals surface area contributed by atoms with Crippen molar-refractivity contribution in [1.82, 2.24) is 9.62 Å². The Morgan fingerprint density at radius 1 is 1.13 bits per heavy atom. The molecule has 208 valence electrons. The number of amides is 1. The number of carbonyl (C=O) groups is 2. The third-order valence-electron chi connectivity index (χ3n) is 6.22. The molecule has 0 aromatic heterocycles. The number of sulfonamides is 1. The van der Waals surface area contributed by atoms with E-state index in [0.29, 0.717) is 63.3 Å². The lowest BCUT2D eigenvalue weighted by molar-refractivity contribution is -0.107. The van der Waals surface area contributed by atoms with E-state index in [-0.39, 0.29) is 4.90 Å². The summed E-state index contributed by atoms with van der Waals surface area (Å²) in [5, 5.41) is 0. The normalized spacial score (nSPS) is 13.0. The van der Waals surface area contributed by atoms with Crippen LogP contribution in [-0.4, -0.2) is 65.2 Å². The zero-order chi connectivity index (χ0) is 27.9. The lowest BCUT2D eigenvalue weighted by Gasteiger charge is -2.27. The number of nitrogens with one attached hydrogen (secondary N) is 1. The summed E-state index contributed by atoms with van der Waals surface area (Å²) in [6.07, 6.45) is 3.45. The van der Waals surface area contributed by atoms with Gasteiger partial charge < -0.3 is 23.9 Å². The highest BCUT2D eigenvalue weighted by Crippen LogP contribution is 2.38. The number of ether oxygens (including phenoxy) is 3. The van der Waals surface area contributed by atoms with Gasteiger partial charge in [0.15, 0.2) is 0 Å². The average molecular weight is 547 g/mol. The van der Waals surface area contributed by atoms with E-state index in [4.69, 9.17) is 14.2 Å². The fourth-order valence-electron chi connectivity index (χ4n) is 4.31. The van der Waals surface area contributed by atoms with Gasteiger partial charge in [0.1, 0.15) is 28.3 Å². The standard InChI is InChI=1S/C28H38N2O7S/c1-28(2,3)37-27(32)30(13-7-6-8-15-31)14-11-21-17-20(9-10-24(21)35-5)23-18-22-12-16-36-26(22)25(19-23)38(33,34)29-4/h9-10,15,17-19,29H,6-8,11-14,16H2,1-5H3. The fraction of sp³-hybridized carbons (Fsp3) is 0.500. The molecule has 0 radical (unpaired) electrons. The maximum absolute atomic E-state index is 12.9. The van der Waals surface area contributed by atoms with Crippen LogP contribution in [0, 0.1) is 0 Å². The summed E-state index contributed by atoms with van der Waals surface area (Å²) in [5.74, 6) is 1.07. The SMILES string of the molecule is CNS(=O)(=O)c1cc(-c2ccc(OC)c(CCN(CCCCC=O)C(=O)OC(C)(C)C)c2)cc2c1OCC2. The van der Waals surface area contributed by atoms with Crippen LogP contribution in [0.5, 0.6) is 11.5 Å². The Bertz CT molecular complexity index is 1250. The highest BCUT2D eigenvalue weighted by molar-refractivity contribution is 7.89. The van der Waals surface area contributed by atoms with Crippen molar-refractivity contribution in [2.24, 2.45) is 0 Å². The molecule has 0 bridgehead atoms. The van der Waals surface area contributed by atoms with Crippen molar-refractivity contribution >= 4 is 22.4 Å². The first-order valence-electron chi connectivity index (χ1n) is 12.8. The van der Waals surface area contributed by atoms with E-state index in [1.807, 2.05) is 45.0 Å². The molecule has 0 saturated carbocycles.